The zero-order valence-corrected chi connectivity index (χ0v) is 10.6. The predicted molar refractivity (Wildman–Crippen MR) is 69.7 cm³/mol. The molecule has 1 aliphatic heterocycles. The molecule has 0 atom stereocenters. The molecule has 0 radical (unpaired) electrons. The van der Waals surface area contributed by atoms with Crippen LogP contribution < -0.4 is 15.8 Å². The van der Waals surface area contributed by atoms with Crippen LogP contribution in [0.3, 0.4) is 0 Å². The predicted octanol–water partition coefficient (Wildman–Crippen LogP) is 2.03. The van der Waals surface area contributed by atoms with Crippen molar-refractivity contribution in [1.82, 2.24) is 5.16 Å². The Balaban J connectivity index is 2.02. The molecule has 2 aromatic rings. The second-order valence-electron chi connectivity index (χ2n) is 4.89. The highest BCUT2D eigenvalue weighted by molar-refractivity contribution is 6.00. The highest BCUT2D eigenvalue weighted by Crippen LogP contribution is 2.36. The molecule has 3 rings (SSSR count). The largest absolute Gasteiger partial charge is 0.476 e. The van der Waals surface area contributed by atoms with Gasteiger partial charge in [0.15, 0.2) is 17.2 Å². The van der Waals surface area contributed by atoms with E-state index < -0.39 is 5.60 Å². The molecule has 1 amide bonds. The SMILES string of the molecule is CC1(C)Oc2ccc(-c3cc(N)no3)cc2NC1=O. The van der Waals surface area contributed by atoms with Crippen LogP contribution in [-0.4, -0.2) is 16.7 Å². The van der Waals surface area contributed by atoms with Crippen molar-refractivity contribution >= 4 is 17.4 Å². The first-order valence-electron chi connectivity index (χ1n) is 5.83. The number of hydrogen-bond acceptors (Lipinski definition) is 5. The number of nitrogen functional groups attached to an aromatic ring is 1. The molecule has 1 aromatic carbocycles. The standard InChI is InChI=1S/C13H13N3O3/c1-13(2)12(17)15-8-5-7(3-4-9(8)18-13)10-6-11(14)16-19-10/h3-6H,1-2H3,(H2,14,16)(H,15,17). The minimum Gasteiger partial charge on any atom is -0.476 e. The van der Waals surface area contributed by atoms with Gasteiger partial charge in [-0.25, -0.2) is 0 Å². The Morgan fingerprint density at radius 3 is 2.79 bits per heavy atom. The first-order chi connectivity index (χ1) is 8.95. The number of hydrogen-bond donors (Lipinski definition) is 2. The van der Waals surface area contributed by atoms with Crippen molar-refractivity contribution in [2.24, 2.45) is 0 Å². The molecule has 0 saturated heterocycles. The number of fused-ring (bicyclic) bond motifs is 1. The molecule has 3 N–H and O–H groups in total. The Morgan fingerprint density at radius 1 is 1.32 bits per heavy atom. The number of carbonyl (C=O) groups excluding carboxylic acids is 1. The number of aromatic nitrogens is 1. The van der Waals surface area contributed by atoms with Crippen LogP contribution in [0.5, 0.6) is 5.75 Å². The minimum atomic E-state index is -0.870. The summed E-state index contributed by atoms with van der Waals surface area (Å²) in [4.78, 5) is 11.8. The van der Waals surface area contributed by atoms with Crippen LogP contribution in [-0.2, 0) is 4.79 Å². The number of anilines is 2. The third-order valence-electron chi connectivity index (χ3n) is 2.95. The van der Waals surface area contributed by atoms with E-state index in [0.29, 0.717) is 23.0 Å². The van der Waals surface area contributed by atoms with Crippen LogP contribution in [0, 0.1) is 0 Å². The topological polar surface area (TPSA) is 90.4 Å². The Morgan fingerprint density at radius 2 is 2.11 bits per heavy atom. The normalized spacial score (nSPS) is 16.4. The van der Waals surface area contributed by atoms with E-state index >= 15 is 0 Å². The number of amides is 1. The summed E-state index contributed by atoms with van der Waals surface area (Å²) in [5.74, 6) is 1.29. The first-order valence-corrected chi connectivity index (χ1v) is 5.83. The van der Waals surface area contributed by atoms with Crippen LogP contribution in [0.15, 0.2) is 28.8 Å². The lowest BCUT2D eigenvalue weighted by atomic mass is 10.0. The third-order valence-corrected chi connectivity index (χ3v) is 2.95. The van der Waals surface area contributed by atoms with Gasteiger partial charge >= 0.3 is 0 Å². The lowest BCUT2D eigenvalue weighted by Gasteiger charge is -2.31. The van der Waals surface area contributed by atoms with Gasteiger partial charge in [-0.3, -0.25) is 4.79 Å². The molecule has 1 aliphatic rings. The third kappa shape index (κ3) is 1.91. The molecule has 0 unspecified atom stereocenters. The maximum atomic E-state index is 11.8. The molecule has 98 valence electrons. The molecular formula is C13H13N3O3. The van der Waals surface area contributed by atoms with Gasteiger partial charge in [0.1, 0.15) is 5.75 Å². The monoisotopic (exact) mass is 259 g/mol. The zero-order chi connectivity index (χ0) is 13.6. The van der Waals surface area contributed by atoms with Crippen LogP contribution in [0.4, 0.5) is 11.5 Å². The molecule has 6 nitrogen and oxygen atoms in total. The van der Waals surface area contributed by atoms with E-state index in [1.807, 2.05) is 6.07 Å². The smallest absolute Gasteiger partial charge is 0.268 e. The van der Waals surface area contributed by atoms with Crippen LogP contribution in [0.1, 0.15) is 13.8 Å². The minimum absolute atomic E-state index is 0.186. The van der Waals surface area contributed by atoms with Gasteiger partial charge < -0.3 is 20.3 Å². The van der Waals surface area contributed by atoms with Gasteiger partial charge in [0.2, 0.25) is 0 Å². The van der Waals surface area contributed by atoms with E-state index in [1.165, 1.54) is 0 Å². The Labute approximate surface area is 109 Å². The van der Waals surface area contributed by atoms with Crippen LogP contribution in [0.25, 0.3) is 11.3 Å². The summed E-state index contributed by atoms with van der Waals surface area (Å²) in [6.45, 7) is 3.44. The molecule has 0 bridgehead atoms. The molecule has 2 heterocycles. The summed E-state index contributed by atoms with van der Waals surface area (Å²) in [6.07, 6.45) is 0. The van der Waals surface area contributed by atoms with Crippen molar-refractivity contribution < 1.29 is 14.1 Å². The lowest BCUT2D eigenvalue weighted by Crippen LogP contribution is -2.45. The summed E-state index contributed by atoms with van der Waals surface area (Å²) < 4.78 is 10.7. The van der Waals surface area contributed by atoms with Crippen molar-refractivity contribution in [3.05, 3.63) is 24.3 Å². The molecule has 0 spiro atoms. The number of nitrogens with two attached hydrogens (primary N) is 1. The number of carbonyl (C=O) groups is 1. The maximum Gasteiger partial charge on any atom is 0.268 e. The molecule has 0 saturated carbocycles. The number of ether oxygens (including phenoxy) is 1. The summed E-state index contributed by atoms with van der Waals surface area (Å²) in [6, 6.07) is 7.00. The first kappa shape index (κ1) is 11.6. The number of nitrogens with zero attached hydrogens (tertiary/aromatic N) is 1. The van der Waals surface area contributed by atoms with Crippen molar-refractivity contribution in [3.63, 3.8) is 0 Å². The van der Waals surface area contributed by atoms with Gasteiger partial charge in [0, 0.05) is 11.6 Å². The molecule has 1 aromatic heterocycles. The molecule has 0 aliphatic carbocycles. The maximum absolute atomic E-state index is 11.8. The second-order valence-corrected chi connectivity index (χ2v) is 4.89. The van der Waals surface area contributed by atoms with Crippen molar-refractivity contribution in [2.45, 2.75) is 19.4 Å². The fourth-order valence-electron chi connectivity index (χ4n) is 1.89. The summed E-state index contributed by atoms with van der Waals surface area (Å²) in [5, 5.41) is 6.44. The summed E-state index contributed by atoms with van der Waals surface area (Å²) in [7, 11) is 0. The fraction of sp³-hybridized carbons (Fsp3) is 0.231. The van der Waals surface area contributed by atoms with E-state index in [-0.39, 0.29) is 5.91 Å². The van der Waals surface area contributed by atoms with Crippen molar-refractivity contribution in [2.75, 3.05) is 11.1 Å². The Bertz CT molecular complexity index is 661. The summed E-state index contributed by atoms with van der Waals surface area (Å²) in [5.41, 5.74) is 6.02. The Hall–Kier alpha value is -2.50. The fourth-order valence-corrected chi connectivity index (χ4v) is 1.89. The van der Waals surface area contributed by atoms with Gasteiger partial charge in [-0.2, -0.15) is 0 Å². The average Bonchev–Trinajstić information content (AvgIpc) is 2.76. The van der Waals surface area contributed by atoms with Gasteiger partial charge in [-0.1, -0.05) is 5.16 Å². The van der Waals surface area contributed by atoms with E-state index in [1.54, 1.807) is 32.0 Å². The number of nitrogens with one attached hydrogen (secondary N) is 1. The van der Waals surface area contributed by atoms with Crippen molar-refractivity contribution in [3.8, 4) is 17.1 Å². The molecule has 19 heavy (non-hydrogen) atoms. The van der Waals surface area contributed by atoms with Gasteiger partial charge in [0.05, 0.1) is 5.69 Å². The molecule has 0 fully saturated rings. The van der Waals surface area contributed by atoms with E-state index in [0.717, 1.165) is 5.56 Å². The second kappa shape index (κ2) is 3.74. The number of rotatable bonds is 1. The Kier molecular flexibility index (Phi) is 2.28. The lowest BCUT2D eigenvalue weighted by molar-refractivity contribution is -0.129. The highest BCUT2D eigenvalue weighted by atomic mass is 16.5. The van der Waals surface area contributed by atoms with Gasteiger partial charge in [-0.15, -0.1) is 0 Å². The van der Waals surface area contributed by atoms with E-state index in [2.05, 4.69) is 10.5 Å². The average molecular weight is 259 g/mol. The molecular weight excluding hydrogens is 246 g/mol. The van der Waals surface area contributed by atoms with E-state index in [9.17, 15) is 4.79 Å². The van der Waals surface area contributed by atoms with Gasteiger partial charge in [-0.05, 0) is 32.0 Å². The zero-order valence-electron chi connectivity index (χ0n) is 10.6. The molecule has 6 heteroatoms. The van der Waals surface area contributed by atoms with Gasteiger partial charge in [0.25, 0.3) is 5.91 Å². The van der Waals surface area contributed by atoms with Crippen LogP contribution in [0.2, 0.25) is 0 Å². The van der Waals surface area contributed by atoms with E-state index in [4.69, 9.17) is 15.0 Å². The van der Waals surface area contributed by atoms with Crippen molar-refractivity contribution in [1.29, 1.82) is 0 Å². The van der Waals surface area contributed by atoms with Crippen LogP contribution >= 0.6 is 0 Å². The summed E-state index contributed by atoms with van der Waals surface area (Å²) >= 11 is 0. The highest BCUT2D eigenvalue weighted by Gasteiger charge is 2.35. The number of benzene rings is 1. The quantitative estimate of drug-likeness (QED) is 0.817.